The number of aryl methyl sites for hydroxylation is 1. The Bertz CT molecular complexity index is 660. The van der Waals surface area contributed by atoms with E-state index in [1.165, 1.54) is 11.5 Å². The van der Waals surface area contributed by atoms with Gasteiger partial charge in [0.1, 0.15) is 6.33 Å². The highest BCUT2D eigenvalue weighted by Gasteiger charge is 2.04. The lowest BCUT2D eigenvalue weighted by atomic mass is 10.2. The molecule has 7 heteroatoms. The molecule has 3 aromatic rings. The lowest BCUT2D eigenvalue weighted by Gasteiger charge is -2.05. The Labute approximate surface area is 114 Å². The van der Waals surface area contributed by atoms with Crippen molar-refractivity contribution in [2.24, 2.45) is 7.05 Å². The summed E-state index contributed by atoms with van der Waals surface area (Å²) in [5, 5.41) is 13.5. The van der Waals surface area contributed by atoms with E-state index in [1.807, 2.05) is 36.7 Å². The molecule has 6 nitrogen and oxygen atoms in total. The Hall–Kier alpha value is -2.28. The number of aromatic nitrogens is 5. The minimum Gasteiger partial charge on any atom is -0.379 e. The van der Waals surface area contributed by atoms with E-state index in [0.29, 0.717) is 6.54 Å². The van der Waals surface area contributed by atoms with Crippen LogP contribution in [0.2, 0.25) is 0 Å². The maximum Gasteiger partial charge on any atom is 0.181 e. The normalized spacial score (nSPS) is 10.6. The van der Waals surface area contributed by atoms with Gasteiger partial charge in [0.25, 0.3) is 0 Å². The van der Waals surface area contributed by atoms with Crippen molar-refractivity contribution in [3.05, 3.63) is 41.7 Å². The van der Waals surface area contributed by atoms with Crippen LogP contribution in [0, 0.1) is 0 Å². The van der Waals surface area contributed by atoms with Crippen LogP contribution in [0.25, 0.3) is 11.4 Å². The van der Waals surface area contributed by atoms with E-state index >= 15 is 0 Å². The molecule has 0 spiro atoms. The van der Waals surface area contributed by atoms with Gasteiger partial charge >= 0.3 is 0 Å². The zero-order chi connectivity index (χ0) is 13.1. The van der Waals surface area contributed by atoms with E-state index in [-0.39, 0.29) is 0 Å². The molecule has 0 aliphatic heterocycles. The van der Waals surface area contributed by atoms with Crippen molar-refractivity contribution in [3.63, 3.8) is 0 Å². The van der Waals surface area contributed by atoms with Gasteiger partial charge in [-0.3, -0.25) is 4.68 Å². The third-order valence-corrected chi connectivity index (χ3v) is 3.15. The molecular formula is C12H12N6S. The summed E-state index contributed by atoms with van der Waals surface area (Å²) in [6.45, 7) is 0.662. The molecule has 2 heterocycles. The van der Waals surface area contributed by atoms with Crippen molar-refractivity contribution in [1.29, 1.82) is 0 Å². The third kappa shape index (κ3) is 2.76. The number of hydrogen-bond donors (Lipinski definition) is 1. The molecular weight excluding hydrogens is 260 g/mol. The predicted molar refractivity (Wildman–Crippen MR) is 73.7 cm³/mol. The SMILES string of the molecule is Cn1cnc(-c2cccc(NCc3csnn3)c2)n1. The van der Waals surface area contributed by atoms with Gasteiger partial charge in [-0.05, 0) is 23.7 Å². The second kappa shape index (κ2) is 5.15. The summed E-state index contributed by atoms with van der Waals surface area (Å²) >= 11 is 1.35. The summed E-state index contributed by atoms with van der Waals surface area (Å²) in [7, 11) is 1.86. The summed E-state index contributed by atoms with van der Waals surface area (Å²) in [6.07, 6.45) is 1.69. The Kier molecular flexibility index (Phi) is 3.20. The largest absolute Gasteiger partial charge is 0.379 e. The monoisotopic (exact) mass is 272 g/mol. The molecule has 2 aromatic heterocycles. The second-order valence-corrected chi connectivity index (χ2v) is 4.68. The van der Waals surface area contributed by atoms with Crippen molar-refractivity contribution in [2.45, 2.75) is 6.54 Å². The van der Waals surface area contributed by atoms with Gasteiger partial charge in [0.05, 0.1) is 12.2 Å². The van der Waals surface area contributed by atoms with Crippen molar-refractivity contribution in [1.82, 2.24) is 24.4 Å². The number of rotatable bonds is 4. The zero-order valence-corrected chi connectivity index (χ0v) is 11.1. The van der Waals surface area contributed by atoms with Crippen LogP contribution in [0.15, 0.2) is 36.0 Å². The van der Waals surface area contributed by atoms with Gasteiger partial charge in [0.2, 0.25) is 0 Å². The first-order valence-corrected chi connectivity index (χ1v) is 6.61. The van der Waals surface area contributed by atoms with E-state index in [0.717, 1.165) is 22.8 Å². The summed E-state index contributed by atoms with van der Waals surface area (Å²) < 4.78 is 5.52. The fourth-order valence-corrected chi connectivity index (χ4v) is 2.14. The molecule has 3 rings (SSSR count). The molecule has 96 valence electrons. The Morgan fingerprint density at radius 3 is 3.05 bits per heavy atom. The fraction of sp³-hybridized carbons (Fsp3) is 0.167. The van der Waals surface area contributed by atoms with Crippen LogP contribution >= 0.6 is 11.5 Å². The van der Waals surface area contributed by atoms with Crippen LogP contribution in [0.4, 0.5) is 5.69 Å². The number of anilines is 1. The highest BCUT2D eigenvalue weighted by molar-refractivity contribution is 7.03. The molecule has 0 bridgehead atoms. The number of nitrogens with one attached hydrogen (secondary N) is 1. The predicted octanol–water partition coefficient (Wildman–Crippen LogP) is 1.95. The molecule has 0 aliphatic carbocycles. The van der Waals surface area contributed by atoms with Crippen molar-refractivity contribution in [2.75, 3.05) is 5.32 Å². The summed E-state index contributed by atoms with van der Waals surface area (Å²) in [4.78, 5) is 4.24. The van der Waals surface area contributed by atoms with Gasteiger partial charge in [0, 0.05) is 23.7 Å². The van der Waals surface area contributed by atoms with Gasteiger partial charge in [-0.15, -0.1) is 5.10 Å². The van der Waals surface area contributed by atoms with Crippen molar-refractivity contribution in [3.8, 4) is 11.4 Å². The van der Waals surface area contributed by atoms with Crippen LogP contribution in [0.3, 0.4) is 0 Å². The first-order chi connectivity index (χ1) is 9.31. The van der Waals surface area contributed by atoms with E-state index in [1.54, 1.807) is 11.0 Å². The first-order valence-electron chi connectivity index (χ1n) is 5.77. The topological polar surface area (TPSA) is 68.5 Å². The van der Waals surface area contributed by atoms with Gasteiger partial charge in [-0.1, -0.05) is 16.6 Å². The summed E-state index contributed by atoms with van der Waals surface area (Å²) in [6, 6.07) is 8.00. The standard InChI is InChI=1S/C12H12N6S/c1-18-8-14-12(16-18)9-3-2-4-10(5-9)13-6-11-7-19-17-15-11/h2-5,7-8,13H,6H2,1H3. The maximum absolute atomic E-state index is 4.29. The number of hydrogen-bond acceptors (Lipinski definition) is 6. The molecule has 19 heavy (non-hydrogen) atoms. The van der Waals surface area contributed by atoms with Crippen LogP contribution in [0.5, 0.6) is 0 Å². The van der Waals surface area contributed by atoms with Crippen LogP contribution in [0.1, 0.15) is 5.69 Å². The van der Waals surface area contributed by atoms with Gasteiger partial charge in [-0.2, -0.15) is 5.10 Å². The number of nitrogens with zero attached hydrogens (tertiary/aromatic N) is 5. The molecule has 0 saturated carbocycles. The highest BCUT2D eigenvalue weighted by Crippen LogP contribution is 2.19. The zero-order valence-electron chi connectivity index (χ0n) is 10.3. The van der Waals surface area contributed by atoms with Crippen LogP contribution in [-0.4, -0.2) is 24.4 Å². The third-order valence-electron chi connectivity index (χ3n) is 2.60. The lowest BCUT2D eigenvalue weighted by Crippen LogP contribution is -1.99. The van der Waals surface area contributed by atoms with Gasteiger partial charge in [-0.25, -0.2) is 4.98 Å². The van der Waals surface area contributed by atoms with E-state index in [4.69, 9.17) is 0 Å². The Morgan fingerprint density at radius 1 is 1.37 bits per heavy atom. The number of benzene rings is 1. The van der Waals surface area contributed by atoms with E-state index in [9.17, 15) is 0 Å². The highest BCUT2D eigenvalue weighted by atomic mass is 32.1. The van der Waals surface area contributed by atoms with Gasteiger partial charge in [0.15, 0.2) is 5.82 Å². The minimum atomic E-state index is 0.662. The van der Waals surface area contributed by atoms with E-state index < -0.39 is 0 Å². The maximum atomic E-state index is 4.29. The molecule has 1 N–H and O–H groups in total. The molecule has 1 aromatic carbocycles. The molecule has 0 unspecified atom stereocenters. The van der Waals surface area contributed by atoms with Crippen LogP contribution < -0.4 is 5.32 Å². The Balaban J connectivity index is 1.76. The van der Waals surface area contributed by atoms with Crippen molar-refractivity contribution < 1.29 is 0 Å². The van der Waals surface area contributed by atoms with E-state index in [2.05, 4.69) is 25.0 Å². The quantitative estimate of drug-likeness (QED) is 0.786. The second-order valence-electron chi connectivity index (χ2n) is 4.07. The van der Waals surface area contributed by atoms with Crippen molar-refractivity contribution >= 4 is 17.2 Å². The molecule has 0 radical (unpaired) electrons. The molecule has 0 atom stereocenters. The molecule has 0 aliphatic rings. The minimum absolute atomic E-state index is 0.662. The molecule has 0 amide bonds. The average molecular weight is 272 g/mol. The average Bonchev–Trinajstić information content (AvgIpc) is 3.08. The fourth-order valence-electron chi connectivity index (χ4n) is 1.69. The smallest absolute Gasteiger partial charge is 0.181 e. The molecule has 0 saturated heterocycles. The Morgan fingerprint density at radius 2 is 2.32 bits per heavy atom. The first kappa shape index (κ1) is 11.8. The lowest BCUT2D eigenvalue weighted by molar-refractivity contribution is 0.768. The summed E-state index contributed by atoms with van der Waals surface area (Å²) in [5.41, 5.74) is 2.94. The molecule has 0 fully saturated rings. The van der Waals surface area contributed by atoms with Gasteiger partial charge < -0.3 is 5.32 Å². The summed E-state index contributed by atoms with van der Waals surface area (Å²) in [5.74, 6) is 0.724. The van der Waals surface area contributed by atoms with Crippen LogP contribution in [-0.2, 0) is 13.6 Å².